The zero-order chi connectivity index (χ0) is 59.6. The average molecular weight is 1340 g/mol. The smallest absolute Gasteiger partial charge is 0.397 e. The molecule has 0 radical (unpaired) electrons. The minimum Gasteiger partial charge on any atom is -0.450 e. The number of halogens is 4. The van der Waals surface area contributed by atoms with Crippen molar-refractivity contribution in [3.8, 4) is 23.0 Å². The van der Waals surface area contributed by atoms with Crippen LogP contribution in [0.2, 0.25) is 20.6 Å². The van der Waals surface area contributed by atoms with E-state index in [1.165, 1.54) is 43.3 Å². The Morgan fingerprint density at radius 2 is 1.20 bits per heavy atom. The molecule has 2 aromatic carbocycles. The summed E-state index contributed by atoms with van der Waals surface area (Å²) < 4.78 is 203. The van der Waals surface area contributed by atoms with Gasteiger partial charge in [0.25, 0.3) is 10.1 Å². The number of rotatable bonds is 26. The number of ether oxygens (including phenoxy) is 1. The van der Waals surface area contributed by atoms with Crippen LogP contribution in [0, 0.1) is 0 Å². The number of nitrogens with one attached hydrogen (secondary N) is 4. The van der Waals surface area contributed by atoms with Crippen LogP contribution in [0.15, 0.2) is 43.5 Å². The predicted molar refractivity (Wildman–Crippen MR) is 290 cm³/mol. The summed E-state index contributed by atoms with van der Waals surface area (Å²) in [5, 5.41) is 9.65. The van der Waals surface area contributed by atoms with Gasteiger partial charge < -0.3 is 40.2 Å². The summed E-state index contributed by atoms with van der Waals surface area (Å²) in [4.78, 5) is 33.4. The Balaban J connectivity index is 1.07. The molecular formula is C37H40Cl4N14O20S6. The maximum absolute atomic E-state index is 13.0. The molecule has 0 atom stereocenters. The maximum atomic E-state index is 13.0. The van der Waals surface area contributed by atoms with Gasteiger partial charge in [-0.3, -0.25) is 23.2 Å². The first-order chi connectivity index (χ1) is 37.6. The molecule has 1 aliphatic carbocycles. The Morgan fingerprint density at radius 3 is 1.79 bits per heavy atom. The van der Waals surface area contributed by atoms with Crippen molar-refractivity contribution >= 4 is 159 Å². The Labute approximate surface area is 479 Å². The number of anilines is 7. The van der Waals surface area contributed by atoms with E-state index >= 15 is 0 Å². The molecule has 0 bridgehead atoms. The fourth-order valence-electron chi connectivity index (χ4n) is 7.08. The van der Waals surface area contributed by atoms with Crippen molar-refractivity contribution in [2.24, 2.45) is 4.99 Å². The van der Waals surface area contributed by atoms with Gasteiger partial charge in [-0.25, -0.2) is 30.2 Å². The molecule has 3 aliphatic rings. The number of benzene rings is 3. The zero-order valence-electron chi connectivity index (χ0n) is 40.8. The molecule has 442 valence electrons. The van der Waals surface area contributed by atoms with Gasteiger partial charge in [0.2, 0.25) is 34.4 Å². The van der Waals surface area contributed by atoms with Gasteiger partial charge in [0.15, 0.2) is 52.3 Å². The molecule has 0 amide bonds. The standard InChI is InChI=1S/C37H40Cl4N14O20S6/c1-54(11-14-76(56,57)15-12-72-80(66,67)68)36-50-32(40)48-34(52-36)44-9-7-42-20-5-3-18-26(30(20)78(60,61)62)74-28-22(38)25-29(23(39)24(28)46-18)75-27-19(47-25)4-6-21(31(27)79(63,64)65)43-8-10-45-35-49-33(41)51-37(53-35)55(2)17-77(58,59)16-13-73-81(69,70)71/h3-6,42,46H,7-17H2,1-2H3,(H,60,61,62)(H,63,64,65)(H,66,67,68)(H,69,70,71)(H,44,48,50,52)(H,45,49,51,53). The van der Waals surface area contributed by atoms with Crippen LogP contribution in [0.3, 0.4) is 0 Å². The molecular weight excluding hydrogens is 1290 g/mol. The minimum atomic E-state index is -5.17. The summed E-state index contributed by atoms with van der Waals surface area (Å²) in [6.45, 7) is -2.37. The van der Waals surface area contributed by atoms with Gasteiger partial charge in [-0.1, -0.05) is 23.2 Å². The lowest BCUT2D eigenvalue weighted by Crippen LogP contribution is -2.30. The van der Waals surface area contributed by atoms with Gasteiger partial charge >= 0.3 is 30.9 Å². The molecule has 0 saturated carbocycles. The molecule has 8 N–H and O–H groups in total. The summed E-state index contributed by atoms with van der Waals surface area (Å²) in [5.41, 5.74) is -1.19. The second-order valence-corrected chi connectivity index (χ2v) is 27.2. The van der Waals surface area contributed by atoms with Gasteiger partial charge in [0, 0.05) is 40.3 Å². The summed E-state index contributed by atoms with van der Waals surface area (Å²) in [6.07, 6.45) is 0. The molecule has 0 spiro atoms. The highest BCUT2D eigenvalue weighted by atomic mass is 35.5. The van der Waals surface area contributed by atoms with Gasteiger partial charge in [0.1, 0.15) is 32.8 Å². The van der Waals surface area contributed by atoms with E-state index in [1.807, 2.05) is 0 Å². The highest BCUT2D eigenvalue weighted by Crippen LogP contribution is 2.55. The first-order valence-electron chi connectivity index (χ1n) is 22.1. The summed E-state index contributed by atoms with van der Waals surface area (Å²) in [5.74, 6) is -4.65. The summed E-state index contributed by atoms with van der Waals surface area (Å²) >= 11 is 25.8. The molecule has 0 saturated heterocycles. The third kappa shape index (κ3) is 16.5. The lowest BCUT2D eigenvalue weighted by molar-refractivity contribution is 0.282. The van der Waals surface area contributed by atoms with Crippen molar-refractivity contribution < 1.29 is 86.2 Å². The zero-order valence-corrected chi connectivity index (χ0v) is 48.8. The third-order valence-corrected chi connectivity index (χ3v) is 17.5. The quantitative estimate of drug-likeness (QED) is 0.0219. The number of hydrogen-bond acceptors (Lipinski definition) is 30. The van der Waals surface area contributed by atoms with E-state index < -0.39 is 118 Å². The summed E-state index contributed by atoms with van der Waals surface area (Å²) in [6, 6.07) is 5.05. The van der Waals surface area contributed by atoms with Crippen LogP contribution in [-0.2, 0) is 69.1 Å². The molecule has 0 fully saturated rings. The fourth-order valence-corrected chi connectivity index (χ4v) is 12.6. The van der Waals surface area contributed by atoms with Gasteiger partial charge in [-0.2, -0.15) is 63.6 Å². The molecule has 7 rings (SSSR count). The van der Waals surface area contributed by atoms with E-state index in [1.54, 1.807) is 0 Å². The predicted octanol–water partition coefficient (Wildman–Crippen LogP) is 2.09. The highest BCUT2D eigenvalue weighted by Gasteiger charge is 2.35. The van der Waals surface area contributed by atoms with Crippen LogP contribution in [0.5, 0.6) is 11.5 Å². The van der Waals surface area contributed by atoms with Crippen LogP contribution < -0.4 is 41.2 Å². The van der Waals surface area contributed by atoms with E-state index in [0.29, 0.717) is 0 Å². The van der Waals surface area contributed by atoms with E-state index in [2.05, 4.69) is 69.5 Å². The van der Waals surface area contributed by atoms with Crippen molar-refractivity contribution in [1.29, 1.82) is 0 Å². The monoisotopic (exact) mass is 1330 g/mol. The van der Waals surface area contributed by atoms with Crippen LogP contribution in [-0.4, -0.2) is 187 Å². The van der Waals surface area contributed by atoms with Gasteiger partial charge in [-0.15, -0.1) is 0 Å². The largest absolute Gasteiger partial charge is 0.450 e. The molecule has 4 heterocycles. The number of sulfone groups is 2. The van der Waals surface area contributed by atoms with Crippen molar-refractivity contribution in [2.45, 2.75) is 9.79 Å². The lowest BCUT2D eigenvalue weighted by atomic mass is 10.1. The normalized spacial score (nSPS) is 13.3. The van der Waals surface area contributed by atoms with E-state index in [9.17, 15) is 59.6 Å². The van der Waals surface area contributed by atoms with Crippen LogP contribution >= 0.6 is 46.4 Å². The second-order valence-electron chi connectivity index (χ2n) is 16.4. The topological polar surface area (TPSA) is 484 Å². The van der Waals surface area contributed by atoms with Gasteiger partial charge in [0.05, 0.1) is 53.7 Å². The van der Waals surface area contributed by atoms with E-state index in [0.717, 1.165) is 4.90 Å². The second kappa shape index (κ2) is 24.6. The van der Waals surface area contributed by atoms with Crippen LogP contribution in [0.4, 0.5) is 40.9 Å². The van der Waals surface area contributed by atoms with Crippen LogP contribution in [0.1, 0.15) is 0 Å². The molecule has 2 aliphatic heterocycles. The van der Waals surface area contributed by atoms with Crippen molar-refractivity contribution in [2.75, 3.05) is 114 Å². The Kier molecular flexibility index (Phi) is 19.1. The number of nitrogens with zero attached hydrogens (tertiary/aromatic N) is 10. The third-order valence-electron chi connectivity index (χ3n) is 10.5. The van der Waals surface area contributed by atoms with Crippen molar-refractivity contribution in [1.82, 2.24) is 34.9 Å². The van der Waals surface area contributed by atoms with E-state index in [4.69, 9.17) is 64.7 Å². The molecule has 34 nitrogen and oxygen atoms in total. The number of fused-ring (bicyclic) bond motifs is 4. The maximum Gasteiger partial charge on any atom is 0.397 e. The molecule has 2 aromatic heterocycles. The molecule has 4 aromatic rings. The first kappa shape index (κ1) is 62.9. The number of aromatic nitrogens is 7. The number of hydrogen-bond donors (Lipinski definition) is 8. The minimum absolute atomic E-state index is 0.0398. The summed E-state index contributed by atoms with van der Waals surface area (Å²) in [7, 11) is -25.2. The van der Waals surface area contributed by atoms with E-state index in [-0.39, 0.29) is 122 Å². The SMILES string of the molecule is CN(CCS(=O)(=O)CCOS(=O)(=O)O)c1nc(Cl)nc(NCCNc2ccc3c(c2S(=O)(=O)O)Oc2c(c(Cl)c4oc5c(S(=O)(=O)O)c(=NCCNc6nc(Cl)nc(N(C)CS(=O)(=O)CCOS(=O)(=O)O)n6)ccc-5nc4c2Cl)N3)n1. The Bertz CT molecular complexity index is 4190. The molecule has 81 heavy (non-hydrogen) atoms. The van der Waals surface area contributed by atoms with Crippen LogP contribution in [0.25, 0.3) is 22.6 Å². The Morgan fingerprint density at radius 1 is 0.630 bits per heavy atom. The first-order valence-corrected chi connectivity index (χ1v) is 32.8. The lowest BCUT2D eigenvalue weighted by Gasteiger charge is -2.27. The Hall–Kier alpha value is -5.70. The average Bonchev–Trinajstić information content (AvgIpc) is 3.51. The fraction of sp³-hybridized carbons (Fsp3) is 0.351. The molecule has 0 unspecified atom stereocenters. The van der Waals surface area contributed by atoms with Gasteiger partial charge in [-0.05, 0) is 47.5 Å². The highest BCUT2D eigenvalue weighted by molar-refractivity contribution is 7.91. The van der Waals surface area contributed by atoms with Crippen molar-refractivity contribution in [3.05, 3.63) is 50.2 Å². The van der Waals surface area contributed by atoms with Crippen molar-refractivity contribution in [3.63, 3.8) is 0 Å². The molecule has 44 heteroatoms.